The zero-order valence-electron chi connectivity index (χ0n) is 14.3. The number of para-hydroxylation sites is 2. The van der Waals surface area contributed by atoms with E-state index in [2.05, 4.69) is 5.32 Å². The first-order valence-electron chi connectivity index (χ1n) is 8.64. The highest BCUT2D eigenvalue weighted by Crippen LogP contribution is 2.25. The van der Waals surface area contributed by atoms with E-state index in [1.165, 1.54) is 0 Å². The van der Waals surface area contributed by atoms with E-state index in [1.807, 2.05) is 72.8 Å². The molecule has 3 aromatic carbocycles. The van der Waals surface area contributed by atoms with Crippen LogP contribution >= 0.6 is 0 Å². The fraction of sp³-hybridized carbons (Fsp3) is 0.0909. The molecule has 4 aromatic rings. The van der Waals surface area contributed by atoms with Crippen molar-refractivity contribution in [3.8, 4) is 17.1 Å². The molecule has 128 valence electrons. The van der Waals surface area contributed by atoms with Gasteiger partial charge in [0, 0.05) is 17.5 Å². The highest BCUT2D eigenvalue weighted by Gasteiger charge is 2.09. The van der Waals surface area contributed by atoms with Crippen molar-refractivity contribution in [1.82, 2.24) is 9.97 Å². The summed E-state index contributed by atoms with van der Waals surface area (Å²) < 4.78 is 0. The molecule has 0 saturated carbocycles. The smallest absolute Gasteiger partial charge is 0.162 e. The summed E-state index contributed by atoms with van der Waals surface area (Å²) in [6.45, 7) is 0.673. The number of rotatable bonds is 5. The van der Waals surface area contributed by atoms with Crippen molar-refractivity contribution in [1.29, 1.82) is 0 Å². The van der Waals surface area contributed by atoms with E-state index in [-0.39, 0.29) is 0 Å². The summed E-state index contributed by atoms with van der Waals surface area (Å²) in [5.41, 5.74) is 2.81. The third-order valence-electron chi connectivity index (χ3n) is 4.31. The summed E-state index contributed by atoms with van der Waals surface area (Å²) in [7, 11) is 0. The molecule has 1 heterocycles. The Kier molecular flexibility index (Phi) is 4.48. The summed E-state index contributed by atoms with van der Waals surface area (Å²) in [6, 6.07) is 25.4. The Morgan fingerprint density at radius 3 is 2.35 bits per heavy atom. The van der Waals surface area contributed by atoms with E-state index in [0.717, 1.165) is 27.8 Å². The van der Waals surface area contributed by atoms with E-state index in [9.17, 15) is 5.11 Å². The van der Waals surface area contributed by atoms with Crippen LogP contribution in [-0.4, -0.2) is 21.6 Å². The number of phenolic OH excluding ortho intramolecular Hbond substituents is 1. The number of nitrogens with zero attached hydrogens (tertiary/aromatic N) is 2. The average molecular weight is 341 g/mol. The van der Waals surface area contributed by atoms with Crippen molar-refractivity contribution in [3.05, 3.63) is 84.4 Å². The third kappa shape index (κ3) is 3.35. The summed E-state index contributed by atoms with van der Waals surface area (Å²) >= 11 is 0. The number of hydrogen-bond acceptors (Lipinski definition) is 4. The molecule has 0 aliphatic heterocycles. The SMILES string of the molecule is Oc1ccccc1CCNc1nc(-c2ccccc2)nc2ccccc12. The van der Waals surface area contributed by atoms with Gasteiger partial charge in [0.2, 0.25) is 0 Å². The number of hydrogen-bond donors (Lipinski definition) is 2. The van der Waals surface area contributed by atoms with Gasteiger partial charge in [0.05, 0.1) is 5.52 Å². The highest BCUT2D eigenvalue weighted by molar-refractivity contribution is 5.90. The molecule has 4 heteroatoms. The fourth-order valence-corrected chi connectivity index (χ4v) is 2.97. The Labute approximate surface area is 152 Å². The average Bonchev–Trinajstić information content (AvgIpc) is 2.70. The Morgan fingerprint density at radius 1 is 0.769 bits per heavy atom. The molecule has 0 unspecified atom stereocenters. The zero-order chi connectivity index (χ0) is 17.8. The maximum Gasteiger partial charge on any atom is 0.162 e. The van der Waals surface area contributed by atoms with Gasteiger partial charge in [0.1, 0.15) is 11.6 Å². The van der Waals surface area contributed by atoms with Gasteiger partial charge in [-0.3, -0.25) is 0 Å². The van der Waals surface area contributed by atoms with E-state index in [0.29, 0.717) is 24.5 Å². The molecular formula is C22H19N3O. The monoisotopic (exact) mass is 341 g/mol. The number of phenols is 1. The Morgan fingerprint density at radius 2 is 1.50 bits per heavy atom. The molecule has 0 aliphatic rings. The van der Waals surface area contributed by atoms with Crippen LogP contribution in [0.5, 0.6) is 5.75 Å². The molecule has 4 rings (SSSR count). The lowest BCUT2D eigenvalue weighted by Crippen LogP contribution is -2.08. The summed E-state index contributed by atoms with van der Waals surface area (Å²) in [6.07, 6.45) is 0.714. The van der Waals surface area contributed by atoms with Gasteiger partial charge >= 0.3 is 0 Å². The van der Waals surface area contributed by atoms with Crippen LogP contribution in [0.15, 0.2) is 78.9 Å². The highest BCUT2D eigenvalue weighted by atomic mass is 16.3. The summed E-state index contributed by atoms with van der Waals surface area (Å²) in [5, 5.41) is 14.3. The van der Waals surface area contributed by atoms with Gasteiger partial charge in [-0.15, -0.1) is 0 Å². The van der Waals surface area contributed by atoms with Gasteiger partial charge < -0.3 is 10.4 Å². The minimum atomic E-state index is 0.326. The molecule has 0 radical (unpaired) electrons. The molecule has 0 spiro atoms. The lowest BCUT2D eigenvalue weighted by atomic mass is 10.1. The number of nitrogens with one attached hydrogen (secondary N) is 1. The van der Waals surface area contributed by atoms with Crippen LogP contribution in [0.4, 0.5) is 5.82 Å². The van der Waals surface area contributed by atoms with Gasteiger partial charge in [-0.25, -0.2) is 9.97 Å². The Bertz CT molecular complexity index is 1030. The molecule has 4 nitrogen and oxygen atoms in total. The van der Waals surface area contributed by atoms with Gasteiger partial charge in [0.15, 0.2) is 5.82 Å². The van der Waals surface area contributed by atoms with Crippen LogP contribution < -0.4 is 5.32 Å². The predicted molar refractivity (Wildman–Crippen MR) is 105 cm³/mol. The van der Waals surface area contributed by atoms with E-state index in [4.69, 9.17) is 9.97 Å². The second kappa shape index (κ2) is 7.23. The van der Waals surface area contributed by atoms with Gasteiger partial charge in [-0.05, 0) is 30.2 Å². The first kappa shape index (κ1) is 16.1. The maximum atomic E-state index is 9.92. The normalized spacial score (nSPS) is 10.8. The lowest BCUT2D eigenvalue weighted by molar-refractivity contribution is 0.468. The van der Waals surface area contributed by atoms with Crippen LogP contribution in [-0.2, 0) is 6.42 Å². The molecule has 26 heavy (non-hydrogen) atoms. The third-order valence-corrected chi connectivity index (χ3v) is 4.31. The first-order valence-corrected chi connectivity index (χ1v) is 8.64. The zero-order valence-corrected chi connectivity index (χ0v) is 14.3. The molecule has 1 aromatic heterocycles. The predicted octanol–water partition coefficient (Wildman–Crippen LogP) is 4.66. The molecular weight excluding hydrogens is 322 g/mol. The summed E-state index contributed by atoms with van der Waals surface area (Å²) in [5.74, 6) is 1.84. The molecule has 0 fully saturated rings. The maximum absolute atomic E-state index is 9.92. The van der Waals surface area contributed by atoms with Crippen molar-refractivity contribution in [3.63, 3.8) is 0 Å². The molecule has 0 amide bonds. The van der Waals surface area contributed by atoms with Crippen molar-refractivity contribution in [2.24, 2.45) is 0 Å². The number of aromatic hydroxyl groups is 1. The second-order valence-corrected chi connectivity index (χ2v) is 6.08. The van der Waals surface area contributed by atoms with Gasteiger partial charge in [-0.2, -0.15) is 0 Å². The van der Waals surface area contributed by atoms with Crippen LogP contribution in [0.1, 0.15) is 5.56 Å². The lowest BCUT2D eigenvalue weighted by Gasteiger charge is -2.11. The minimum absolute atomic E-state index is 0.326. The van der Waals surface area contributed by atoms with E-state index in [1.54, 1.807) is 6.07 Å². The number of fused-ring (bicyclic) bond motifs is 1. The van der Waals surface area contributed by atoms with Gasteiger partial charge in [0.25, 0.3) is 0 Å². The topological polar surface area (TPSA) is 58.0 Å². The summed E-state index contributed by atoms with van der Waals surface area (Å²) in [4.78, 5) is 9.44. The molecule has 0 saturated heterocycles. The number of benzene rings is 3. The van der Waals surface area contributed by atoms with Gasteiger partial charge in [-0.1, -0.05) is 60.7 Å². The molecule has 0 atom stereocenters. The van der Waals surface area contributed by atoms with Crippen LogP contribution in [0, 0.1) is 0 Å². The van der Waals surface area contributed by atoms with Crippen LogP contribution in [0.25, 0.3) is 22.3 Å². The van der Waals surface area contributed by atoms with Crippen LogP contribution in [0.3, 0.4) is 0 Å². The van der Waals surface area contributed by atoms with Crippen molar-refractivity contribution >= 4 is 16.7 Å². The number of aromatic nitrogens is 2. The molecule has 0 bridgehead atoms. The van der Waals surface area contributed by atoms with E-state index >= 15 is 0 Å². The van der Waals surface area contributed by atoms with Crippen molar-refractivity contribution in [2.75, 3.05) is 11.9 Å². The Balaban J connectivity index is 1.64. The van der Waals surface area contributed by atoms with Crippen molar-refractivity contribution in [2.45, 2.75) is 6.42 Å². The first-order chi connectivity index (χ1) is 12.8. The largest absolute Gasteiger partial charge is 0.508 e. The van der Waals surface area contributed by atoms with Crippen molar-refractivity contribution < 1.29 is 5.11 Å². The quantitative estimate of drug-likeness (QED) is 0.554. The number of anilines is 1. The second-order valence-electron chi connectivity index (χ2n) is 6.08. The molecule has 2 N–H and O–H groups in total. The molecule has 0 aliphatic carbocycles. The van der Waals surface area contributed by atoms with E-state index < -0.39 is 0 Å². The Hall–Kier alpha value is -3.40. The fourth-order valence-electron chi connectivity index (χ4n) is 2.97. The standard InChI is InChI=1S/C22H19N3O/c26-20-13-7-4-8-16(20)14-15-23-22-18-11-5-6-12-19(18)24-21(25-22)17-9-2-1-3-10-17/h1-13,26H,14-15H2,(H,23,24,25). The van der Waals surface area contributed by atoms with Crippen LogP contribution in [0.2, 0.25) is 0 Å². The minimum Gasteiger partial charge on any atom is -0.508 e.